The molecule has 0 N–H and O–H groups in total. The van der Waals surface area contributed by atoms with E-state index in [9.17, 15) is 0 Å². The van der Waals surface area contributed by atoms with E-state index in [1.807, 2.05) is 0 Å². The van der Waals surface area contributed by atoms with Crippen molar-refractivity contribution in [2.24, 2.45) is 16.7 Å². The zero-order valence-corrected chi connectivity index (χ0v) is 10.1. The molecule has 0 aromatic rings. The minimum Gasteiger partial charge on any atom is -0.369 e. The van der Waals surface area contributed by atoms with Crippen LogP contribution in [-0.2, 0) is 4.74 Å². The topological polar surface area (TPSA) is 12.5 Å². The summed E-state index contributed by atoms with van der Waals surface area (Å²) in [6, 6.07) is 0. The van der Waals surface area contributed by atoms with Crippen molar-refractivity contribution < 1.29 is 4.74 Å². The first kappa shape index (κ1) is 11.0. The van der Waals surface area contributed by atoms with Crippen LogP contribution in [0.1, 0.15) is 48.5 Å². The molecule has 0 saturated carbocycles. The highest BCUT2D eigenvalue weighted by molar-refractivity contribution is 4.99. The maximum atomic E-state index is 5.77. The molecule has 0 bridgehead atoms. The minimum atomic E-state index is 0.310. The Morgan fingerprint density at radius 3 is 1.69 bits per heavy atom. The molecule has 0 spiro atoms. The molecule has 1 heteroatoms. The van der Waals surface area contributed by atoms with Crippen LogP contribution in [0.5, 0.6) is 0 Å². The molecule has 1 fully saturated rings. The Morgan fingerprint density at radius 2 is 1.46 bits per heavy atom. The molecule has 1 nitrogen and oxygen atoms in total. The van der Waals surface area contributed by atoms with Gasteiger partial charge in [0.25, 0.3) is 0 Å². The van der Waals surface area contributed by atoms with Gasteiger partial charge in [0, 0.05) is 0 Å². The lowest BCUT2D eigenvalue weighted by Crippen LogP contribution is -2.27. The third-order valence-corrected chi connectivity index (χ3v) is 3.24. The van der Waals surface area contributed by atoms with Crippen molar-refractivity contribution in [3.8, 4) is 0 Å². The Kier molecular flexibility index (Phi) is 2.53. The van der Waals surface area contributed by atoms with Gasteiger partial charge in [0.15, 0.2) is 0 Å². The van der Waals surface area contributed by atoms with E-state index in [4.69, 9.17) is 4.74 Å². The van der Waals surface area contributed by atoms with Crippen molar-refractivity contribution in [3.05, 3.63) is 0 Å². The second-order valence-electron chi connectivity index (χ2n) is 6.54. The summed E-state index contributed by atoms with van der Waals surface area (Å²) in [6.45, 7) is 15.9. The van der Waals surface area contributed by atoms with Crippen molar-refractivity contribution in [2.75, 3.05) is 0 Å². The Labute approximate surface area is 82.9 Å². The van der Waals surface area contributed by atoms with Crippen molar-refractivity contribution in [1.82, 2.24) is 0 Å². The van der Waals surface area contributed by atoms with Crippen LogP contribution in [0.15, 0.2) is 0 Å². The summed E-state index contributed by atoms with van der Waals surface area (Å²) < 4.78 is 5.77. The molecule has 0 aliphatic carbocycles. The van der Waals surface area contributed by atoms with E-state index in [-0.39, 0.29) is 0 Å². The van der Waals surface area contributed by atoms with Gasteiger partial charge in [-0.3, -0.25) is 0 Å². The average molecular weight is 184 g/mol. The van der Waals surface area contributed by atoms with E-state index < -0.39 is 0 Å². The van der Waals surface area contributed by atoms with Crippen LogP contribution in [0, 0.1) is 16.7 Å². The Bertz CT molecular complexity index is 182. The number of hydrogen-bond acceptors (Lipinski definition) is 1. The molecule has 13 heavy (non-hydrogen) atoms. The zero-order chi connectivity index (χ0) is 10.4. The number of rotatable bonds is 1. The van der Waals surface area contributed by atoms with Gasteiger partial charge >= 0.3 is 0 Å². The normalized spacial score (nSPS) is 31.6. The summed E-state index contributed by atoms with van der Waals surface area (Å²) in [4.78, 5) is 0. The van der Waals surface area contributed by atoms with E-state index in [2.05, 4.69) is 48.5 Å². The summed E-state index contributed by atoms with van der Waals surface area (Å²) in [5.41, 5.74) is 0.675. The summed E-state index contributed by atoms with van der Waals surface area (Å²) in [6.07, 6.45) is 0.960. The van der Waals surface area contributed by atoms with Gasteiger partial charge in [-0.05, 0) is 16.7 Å². The Hall–Kier alpha value is -0.0400. The van der Waals surface area contributed by atoms with Crippen LogP contribution < -0.4 is 0 Å². The Morgan fingerprint density at radius 1 is 1.00 bits per heavy atom. The predicted molar refractivity (Wildman–Crippen MR) is 56.7 cm³/mol. The monoisotopic (exact) mass is 184 g/mol. The maximum absolute atomic E-state index is 5.77. The van der Waals surface area contributed by atoms with Gasteiger partial charge in [-0.25, -0.2) is 0 Å². The van der Waals surface area contributed by atoms with Crippen molar-refractivity contribution in [1.29, 1.82) is 0 Å². The quantitative estimate of drug-likeness (QED) is 0.568. The molecule has 0 aromatic heterocycles. The summed E-state index contributed by atoms with van der Waals surface area (Å²) in [5.74, 6) is 0.650. The number of hydrogen-bond donors (Lipinski definition) is 0. The van der Waals surface area contributed by atoms with Crippen LogP contribution in [0.25, 0.3) is 0 Å². The van der Waals surface area contributed by atoms with E-state index in [1.165, 1.54) is 0 Å². The highest BCUT2D eigenvalue weighted by Crippen LogP contribution is 2.46. The van der Waals surface area contributed by atoms with E-state index in [1.54, 1.807) is 0 Å². The van der Waals surface area contributed by atoms with Gasteiger partial charge in [0.05, 0.1) is 12.2 Å². The molecule has 1 heterocycles. The molecule has 3 atom stereocenters. The first-order chi connectivity index (χ1) is 5.64. The highest BCUT2D eigenvalue weighted by atomic mass is 16.6. The third kappa shape index (κ3) is 2.46. The molecular formula is C12H24O. The molecule has 0 amide bonds. The molecule has 78 valence electrons. The fourth-order valence-electron chi connectivity index (χ4n) is 1.69. The highest BCUT2D eigenvalue weighted by Gasteiger charge is 2.52. The van der Waals surface area contributed by atoms with Crippen molar-refractivity contribution >= 4 is 0 Å². The van der Waals surface area contributed by atoms with Gasteiger partial charge in [0.2, 0.25) is 0 Å². The lowest BCUT2D eigenvalue weighted by Gasteiger charge is -2.27. The number of ether oxygens (including phenoxy) is 1. The summed E-state index contributed by atoms with van der Waals surface area (Å²) in [7, 11) is 0. The SMILES string of the molecule is CC(C1OC1C(C)(C)C)C(C)(C)C. The first-order valence-electron chi connectivity index (χ1n) is 5.29. The van der Waals surface area contributed by atoms with Crippen LogP contribution in [-0.4, -0.2) is 12.2 Å². The van der Waals surface area contributed by atoms with Crippen LogP contribution >= 0.6 is 0 Å². The Balaban J connectivity index is 2.52. The average Bonchev–Trinajstić information content (AvgIpc) is 2.58. The van der Waals surface area contributed by atoms with Gasteiger partial charge < -0.3 is 4.74 Å². The minimum absolute atomic E-state index is 0.310. The largest absolute Gasteiger partial charge is 0.369 e. The second-order valence-corrected chi connectivity index (χ2v) is 6.54. The van der Waals surface area contributed by atoms with E-state index in [0.29, 0.717) is 29.0 Å². The number of epoxide rings is 1. The fourth-order valence-corrected chi connectivity index (χ4v) is 1.69. The van der Waals surface area contributed by atoms with Crippen molar-refractivity contribution in [3.63, 3.8) is 0 Å². The first-order valence-corrected chi connectivity index (χ1v) is 5.29. The van der Waals surface area contributed by atoms with Crippen LogP contribution in [0.4, 0.5) is 0 Å². The van der Waals surface area contributed by atoms with Crippen LogP contribution in [0.2, 0.25) is 0 Å². The van der Waals surface area contributed by atoms with Gasteiger partial charge in [0.1, 0.15) is 0 Å². The van der Waals surface area contributed by atoms with E-state index in [0.717, 1.165) is 0 Å². The molecule has 1 aliphatic heterocycles. The van der Waals surface area contributed by atoms with Gasteiger partial charge in [-0.1, -0.05) is 48.5 Å². The second kappa shape index (κ2) is 2.98. The van der Waals surface area contributed by atoms with Gasteiger partial charge in [-0.15, -0.1) is 0 Å². The predicted octanol–water partition coefficient (Wildman–Crippen LogP) is 3.48. The zero-order valence-electron chi connectivity index (χ0n) is 10.1. The molecule has 3 unspecified atom stereocenters. The molecule has 1 aliphatic rings. The standard InChI is InChI=1S/C12H24O/c1-8(11(2,3)4)9-10(13-9)12(5,6)7/h8-10H,1-7H3. The van der Waals surface area contributed by atoms with E-state index >= 15 is 0 Å². The molecule has 1 rings (SSSR count). The third-order valence-electron chi connectivity index (χ3n) is 3.24. The summed E-state index contributed by atoms with van der Waals surface area (Å²) >= 11 is 0. The lowest BCUT2D eigenvalue weighted by atomic mass is 9.76. The maximum Gasteiger partial charge on any atom is 0.0892 e. The molecule has 0 aromatic carbocycles. The smallest absolute Gasteiger partial charge is 0.0892 e. The lowest BCUT2D eigenvalue weighted by molar-refractivity contribution is 0.198. The van der Waals surface area contributed by atoms with Gasteiger partial charge in [-0.2, -0.15) is 0 Å². The van der Waals surface area contributed by atoms with Crippen LogP contribution in [0.3, 0.4) is 0 Å². The molecular weight excluding hydrogens is 160 g/mol. The summed E-state index contributed by atoms with van der Waals surface area (Å²) in [5, 5.41) is 0. The molecule has 1 saturated heterocycles. The van der Waals surface area contributed by atoms with Crippen molar-refractivity contribution in [2.45, 2.75) is 60.7 Å². The molecule has 0 radical (unpaired) electrons. The fraction of sp³-hybridized carbons (Fsp3) is 1.00.